The van der Waals surface area contributed by atoms with Crippen molar-refractivity contribution < 1.29 is 13.9 Å². The number of aliphatic hydroxyl groups excluding tert-OH is 1. The maximum absolute atomic E-state index is 13.3. The number of hydrogen-bond donors (Lipinski definition) is 1. The van der Waals surface area contributed by atoms with Crippen LogP contribution in [0, 0.1) is 11.6 Å². The molecule has 1 heterocycles. The quantitative estimate of drug-likeness (QED) is 0.799. The summed E-state index contributed by atoms with van der Waals surface area (Å²) in [6, 6.07) is 8.37. The van der Waals surface area contributed by atoms with Crippen LogP contribution < -0.4 is 5.56 Å². The molecular formula is C16H11ClF2N2O2. The van der Waals surface area contributed by atoms with Gasteiger partial charge in [0.15, 0.2) is 11.6 Å². The second-order valence-electron chi connectivity index (χ2n) is 5.02. The molecular weight excluding hydrogens is 326 g/mol. The predicted octanol–water partition coefficient (Wildman–Crippen LogP) is 3.06. The number of aliphatic hydroxyl groups is 1. The third-order valence-corrected chi connectivity index (χ3v) is 3.84. The Bertz CT molecular complexity index is 943. The molecule has 0 radical (unpaired) electrons. The first-order valence-electron chi connectivity index (χ1n) is 6.74. The fraction of sp³-hybridized carbons (Fsp3) is 0.125. The minimum Gasteiger partial charge on any atom is -0.386 e. The SMILES string of the molecule is O=c1c2cc(F)c(F)cc2ncn1CC(O)c1ccccc1Cl. The highest BCUT2D eigenvalue weighted by Gasteiger charge is 2.15. The highest BCUT2D eigenvalue weighted by Crippen LogP contribution is 2.23. The number of benzene rings is 2. The molecule has 118 valence electrons. The zero-order chi connectivity index (χ0) is 16.6. The molecule has 0 amide bonds. The van der Waals surface area contributed by atoms with Gasteiger partial charge in [-0.05, 0) is 12.1 Å². The molecule has 0 aliphatic carbocycles. The maximum atomic E-state index is 13.3. The van der Waals surface area contributed by atoms with Crippen molar-refractivity contribution in [1.82, 2.24) is 9.55 Å². The molecule has 0 aliphatic heterocycles. The molecule has 23 heavy (non-hydrogen) atoms. The molecule has 0 bridgehead atoms. The first kappa shape index (κ1) is 15.6. The van der Waals surface area contributed by atoms with Gasteiger partial charge in [-0.15, -0.1) is 0 Å². The van der Waals surface area contributed by atoms with Crippen LogP contribution in [0.5, 0.6) is 0 Å². The average molecular weight is 337 g/mol. The summed E-state index contributed by atoms with van der Waals surface area (Å²) in [5.41, 5.74) is -0.0520. The first-order chi connectivity index (χ1) is 11.0. The van der Waals surface area contributed by atoms with Crippen LogP contribution in [0.1, 0.15) is 11.7 Å². The van der Waals surface area contributed by atoms with Gasteiger partial charge in [0, 0.05) is 16.7 Å². The molecule has 1 unspecified atom stereocenters. The van der Waals surface area contributed by atoms with Gasteiger partial charge in [0.2, 0.25) is 0 Å². The van der Waals surface area contributed by atoms with Crippen LogP contribution in [0.4, 0.5) is 8.78 Å². The Balaban J connectivity index is 2.01. The molecule has 0 aliphatic rings. The topological polar surface area (TPSA) is 55.1 Å². The zero-order valence-electron chi connectivity index (χ0n) is 11.7. The van der Waals surface area contributed by atoms with Gasteiger partial charge in [-0.25, -0.2) is 13.8 Å². The number of halogens is 3. The number of aromatic nitrogens is 2. The molecule has 0 saturated heterocycles. The summed E-state index contributed by atoms with van der Waals surface area (Å²) in [6.07, 6.45) is 0.146. The van der Waals surface area contributed by atoms with Crippen LogP contribution in [0.15, 0.2) is 47.5 Å². The van der Waals surface area contributed by atoms with E-state index in [0.29, 0.717) is 10.6 Å². The highest BCUT2D eigenvalue weighted by atomic mass is 35.5. The van der Waals surface area contributed by atoms with E-state index >= 15 is 0 Å². The predicted molar refractivity (Wildman–Crippen MR) is 82.3 cm³/mol. The fourth-order valence-corrected chi connectivity index (χ4v) is 2.58. The average Bonchev–Trinajstić information content (AvgIpc) is 2.52. The molecule has 1 aromatic heterocycles. The lowest BCUT2D eigenvalue weighted by Gasteiger charge is -2.14. The van der Waals surface area contributed by atoms with E-state index in [2.05, 4.69) is 4.98 Å². The van der Waals surface area contributed by atoms with E-state index in [1.807, 2.05) is 0 Å². The lowest BCUT2D eigenvalue weighted by molar-refractivity contribution is 0.155. The molecule has 3 aromatic rings. The third kappa shape index (κ3) is 2.95. The summed E-state index contributed by atoms with van der Waals surface area (Å²) in [7, 11) is 0. The van der Waals surface area contributed by atoms with Crippen molar-refractivity contribution in [3.63, 3.8) is 0 Å². The van der Waals surface area contributed by atoms with E-state index in [1.54, 1.807) is 24.3 Å². The summed E-state index contributed by atoms with van der Waals surface area (Å²) in [4.78, 5) is 16.3. The van der Waals surface area contributed by atoms with Crippen molar-refractivity contribution in [1.29, 1.82) is 0 Å². The van der Waals surface area contributed by atoms with E-state index < -0.39 is 23.3 Å². The van der Waals surface area contributed by atoms with Gasteiger partial charge in [0.05, 0.1) is 29.9 Å². The fourth-order valence-electron chi connectivity index (χ4n) is 2.31. The molecule has 2 aromatic carbocycles. The molecule has 1 atom stereocenters. The summed E-state index contributed by atoms with van der Waals surface area (Å²) >= 11 is 6.00. The van der Waals surface area contributed by atoms with E-state index in [0.717, 1.165) is 16.7 Å². The monoisotopic (exact) mass is 336 g/mol. The van der Waals surface area contributed by atoms with Crippen LogP contribution in [-0.4, -0.2) is 14.7 Å². The standard InChI is InChI=1S/C16H11ClF2N2O2/c17-11-4-2-1-3-9(11)15(22)7-21-8-20-14-6-13(19)12(18)5-10(14)16(21)23/h1-6,8,15,22H,7H2. The van der Waals surface area contributed by atoms with Gasteiger partial charge >= 0.3 is 0 Å². The van der Waals surface area contributed by atoms with Gasteiger partial charge in [-0.2, -0.15) is 0 Å². The number of fused-ring (bicyclic) bond motifs is 1. The number of nitrogens with zero attached hydrogens (tertiary/aromatic N) is 2. The summed E-state index contributed by atoms with van der Waals surface area (Å²) in [5, 5.41) is 10.6. The number of rotatable bonds is 3. The van der Waals surface area contributed by atoms with Crippen LogP contribution in [0.25, 0.3) is 10.9 Å². The minimum absolute atomic E-state index is 0.0531. The van der Waals surface area contributed by atoms with Crippen molar-refractivity contribution in [3.05, 3.63) is 75.3 Å². The zero-order valence-corrected chi connectivity index (χ0v) is 12.5. The summed E-state index contributed by atoms with van der Waals surface area (Å²) in [6.45, 7) is -0.107. The van der Waals surface area contributed by atoms with Crippen molar-refractivity contribution in [2.75, 3.05) is 0 Å². The lowest BCUT2D eigenvalue weighted by Crippen LogP contribution is -2.24. The van der Waals surface area contributed by atoms with Gasteiger partial charge in [-0.1, -0.05) is 29.8 Å². The van der Waals surface area contributed by atoms with Gasteiger partial charge in [-0.3, -0.25) is 9.36 Å². The van der Waals surface area contributed by atoms with Crippen molar-refractivity contribution >= 4 is 22.5 Å². The van der Waals surface area contributed by atoms with E-state index in [4.69, 9.17) is 11.6 Å². The van der Waals surface area contributed by atoms with Gasteiger partial charge < -0.3 is 5.11 Å². The normalized spacial score (nSPS) is 12.5. The summed E-state index contributed by atoms with van der Waals surface area (Å²) < 4.78 is 27.6. The minimum atomic E-state index is -1.12. The molecule has 7 heteroatoms. The second-order valence-corrected chi connectivity index (χ2v) is 5.43. The van der Waals surface area contributed by atoms with Crippen molar-refractivity contribution in [3.8, 4) is 0 Å². The Morgan fingerprint density at radius 1 is 1.22 bits per heavy atom. The smallest absolute Gasteiger partial charge is 0.261 e. The maximum Gasteiger partial charge on any atom is 0.261 e. The van der Waals surface area contributed by atoms with Crippen LogP contribution in [0.3, 0.4) is 0 Å². The molecule has 1 N–H and O–H groups in total. The first-order valence-corrected chi connectivity index (χ1v) is 7.12. The highest BCUT2D eigenvalue weighted by molar-refractivity contribution is 6.31. The Morgan fingerprint density at radius 2 is 1.91 bits per heavy atom. The molecule has 3 rings (SSSR count). The Kier molecular flexibility index (Phi) is 4.11. The van der Waals surface area contributed by atoms with Gasteiger partial charge in [0.1, 0.15) is 0 Å². The van der Waals surface area contributed by atoms with Crippen LogP contribution in [0.2, 0.25) is 5.02 Å². The molecule has 0 saturated carbocycles. The van der Waals surface area contributed by atoms with Gasteiger partial charge in [0.25, 0.3) is 5.56 Å². The largest absolute Gasteiger partial charge is 0.386 e. The van der Waals surface area contributed by atoms with E-state index in [9.17, 15) is 18.7 Å². The third-order valence-electron chi connectivity index (χ3n) is 3.50. The molecule has 0 fully saturated rings. The van der Waals surface area contributed by atoms with E-state index in [1.165, 1.54) is 6.33 Å². The Labute approximate surface area is 134 Å². The van der Waals surface area contributed by atoms with Crippen molar-refractivity contribution in [2.24, 2.45) is 0 Å². The Hall–Kier alpha value is -2.31. The van der Waals surface area contributed by atoms with E-state index in [-0.39, 0.29) is 17.4 Å². The van der Waals surface area contributed by atoms with Crippen molar-refractivity contribution in [2.45, 2.75) is 12.6 Å². The van der Waals surface area contributed by atoms with Crippen LogP contribution in [-0.2, 0) is 6.54 Å². The second kappa shape index (κ2) is 6.06. The van der Waals surface area contributed by atoms with Crippen LogP contribution >= 0.6 is 11.6 Å². The number of hydrogen-bond acceptors (Lipinski definition) is 3. The molecule has 0 spiro atoms. The Morgan fingerprint density at radius 3 is 2.65 bits per heavy atom. The molecule has 4 nitrogen and oxygen atoms in total. The summed E-state index contributed by atoms with van der Waals surface area (Å²) in [5.74, 6) is -2.20. The lowest BCUT2D eigenvalue weighted by atomic mass is 10.1.